The van der Waals surface area contributed by atoms with Crippen molar-refractivity contribution in [2.24, 2.45) is 0 Å². The van der Waals surface area contributed by atoms with E-state index in [1.165, 1.54) is 19.1 Å². The molecule has 0 unspecified atom stereocenters. The number of hydrogen-bond acceptors (Lipinski definition) is 8. The Morgan fingerprint density at radius 2 is 1.61 bits per heavy atom. The number of hydrogen-bond donors (Lipinski definition) is 1. The first-order chi connectivity index (χ1) is 15.7. The summed E-state index contributed by atoms with van der Waals surface area (Å²) in [5, 5.41) is 9.48. The second kappa shape index (κ2) is 10.3. The Morgan fingerprint density at radius 3 is 2.18 bits per heavy atom. The summed E-state index contributed by atoms with van der Waals surface area (Å²) < 4.78 is 10.2. The molecular weight excluding hydrogens is 450 g/mol. The van der Waals surface area contributed by atoms with E-state index >= 15 is 0 Å². The molecule has 2 aromatic rings. The zero-order valence-electron chi connectivity index (χ0n) is 17.9. The minimum Gasteiger partial charge on any atom is -0.480 e. The minimum absolute atomic E-state index is 0.0128. The summed E-state index contributed by atoms with van der Waals surface area (Å²) in [6, 6.07) is 10.1. The normalized spacial score (nSPS) is 14.4. The van der Waals surface area contributed by atoms with Crippen molar-refractivity contribution in [3.63, 3.8) is 0 Å². The third kappa shape index (κ3) is 5.78. The average molecular weight is 471 g/mol. The van der Waals surface area contributed by atoms with Gasteiger partial charge in [-0.3, -0.25) is 24.1 Å². The maximum atomic E-state index is 13.0. The Bertz CT molecular complexity index is 1110. The molecule has 1 heterocycles. The number of carbonyl (C=O) groups is 5. The average Bonchev–Trinajstić information content (AvgIpc) is 3.12. The van der Waals surface area contributed by atoms with Crippen LogP contribution in [0.15, 0.2) is 42.5 Å². The van der Waals surface area contributed by atoms with Crippen molar-refractivity contribution in [3.8, 4) is 11.5 Å². The number of ether oxygens (including phenoxy) is 2. The maximum Gasteiger partial charge on any atom is 0.327 e. The summed E-state index contributed by atoms with van der Waals surface area (Å²) in [5.41, 5.74) is 1.21. The molecule has 1 aliphatic heterocycles. The summed E-state index contributed by atoms with van der Waals surface area (Å²) >= 11 is 0.968. The van der Waals surface area contributed by atoms with Crippen LogP contribution in [0.4, 0.5) is 5.69 Å². The quantitative estimate of drug-likeness (QED) is 0.479. The van der Waals surface area contributed by atoms with Crippen molar-refractivity contribution in [3.05, 3.63) is 53.6 Å². The third-order valence-corrected chi connectivity index (χ3v) is 5.66. The van der Waals surface area contributed by atoms with Gasteiger partial charge in [0.1, 0.15) is 6.04 Å². The number of benzene rings is 2. The molecule has 1 N–H and O–H groups in total. The summed E-state index contributed by atoms with van der Waals surface area (Å²) in [4.78, 5) is 61.1. The summed E-state index contributed by atoms with van der Waals surface area (Å²) in [7, 11) is 0. The van der Waals surface area contributed by atoms with Gasteiger partial charge in [-0.15, -0.1) is 0 Å². The first-order valence-corrected chi connectivity index (χ1v) is 11.0. The van der Waals surface area contributed by atoms with E-state index in [0.717, 1.165) is 23.6 Å². The number of esters is 2. The molecule has 0 spiro atoms. The Balaban J connectivity index is 1.82. The van der Waals surface area contributed by atoms with Gasteiger partial charge in [-0.05, 0) is 11.6 Å². The lowest BCUT2D eigenvalue weighted by molar-refractivity contribution is -0.140. The molecule has 33 heavy (non-hydrogen) atoms. The number of rotatable bonds is 7. The molecule has 2 aromatic carbocycles. The zero-order chi connectivity index (χ0) is 24.1. The molecule has 0 aliphatic carbocycles. The van der Waals surface area contributed by atoms with Gasteiger partial charge in [-0.2, -0.15) is 0 Å². The lowest BCUT2D eigenvalue weighted by atomic mass is 10.1. The molecule has 9 nitrogen and oxygen atoms in total. The molecule has 0 fully saturated rings. The third-order valence-electron chi connectivity index (χ3n) is 4.75. The fourth-order valence-corrected chi connectivity index (χ4v) is 4.20. The number of anilines is 1. The van der Waals surface area contributed by atoms with Crippen LogP contribution in [0.1, 0.15) is 36.2 Å². The predicted octanol–water partition coefficient (Wildman–Crippen LogP) is 2.84. The van der Waals surface area contributed by atoms with Gasteiger partial charge in [0.05, 0.1) is 5.69 Å². The number of thioether (sulfide) groups is 1. The molecule has 10 heteroatoms. The Kier molecular flexibility index (Phi) is 7.49. The van der Waals surface area contributed by atoms with Gasteiger partial charge in [0.25, 0.3) is 0 Å². The number of carbonyl (C=O) groups excluding carboxylic acids is 4. The molecule has 0 radical (unpaired) electrons. The molecule has 3 rings (SSSR count). The first kappa shape index (κ1) is 24.0. The molecule has 1 amide bonds. The van der Waals surface area contributed by atoms with Crippen LogP contribution in [0.3, 0.4) is 0 Å². The molecule has 0 aromatic heterocycles. The van der Waals surface area contributed by atoms with Crippen molar-refractivity contribution in [1.82, 2.24) is 0 Å². The van der Waals surface area contributed by atoms with Gasteiger partial charge >= 0.3 is 17.9 Å². The van der Waals surface area contributed by atoms with Crippen LogP contribution >= 0.6 is 11.8 Å². The lowest BCUT2D eigenvalue weighted by Gasteiger charge is -2.23. The highest BCUT2D eigenvalue weighted by Crippen LogP contribution is 2.41. The van der Waals surface area contributed by atoms with E-state index in [4.69, 9.17) is 9.47 Å². The van der Waals surface area contributed by atoms with E-state index < -0.39 is 29.9 Å². The largest absolute Gasteiger partial charge is 0.480 e. The van der Waals surface area contributed by atoms with Gasteiger partial charge in [0.2, 0.25) is 11.0 Å². The zero-order valence-corrected chi connectivity index (χ0v) is 18.7. The Labute approximate surface area is 193 Å². The minimum atomic E-state index is -1.21. The summed E-state index contributed by atoms with van der Waals surface area (Å²) in [6.07, 6.45) is -0.0951. The SMILES string of the molecule is CC(=O)Oc1cc2c(cc1OC(C)=O)N(C(=O)CCSC(=O)c1ccccc1)[C@H](C(=O)O)C2. The second-order valence-corrected chi connectivity index (χ2v) is 8.26. The van der Waals surface area contributed by atoms with Gasteiger partial charge < -0.3 is 14.6 Å². The fraction of sp³-hybridized carbons (Fsp3) is 0.261. The number of carboxylic acid groups (broad SMARTS) is 1. The first-order valence-electron chi connectivity index (χ1n) is 9.98. The van der Waals surface area contributed by atoms with Crippen LogP contribution in [0.5, 0.6) is 11.5 Å². The standard InChI is InChI=1S/C23H21NO8S/c1-13(25)31-19-11-16-10-18(22(28)29)24(17(16)12-20(19)32-14(2)26)21(27)8-9-33-23(30)15-6-4-3-5-7-15/h3-7,11-12,18H,8-10H2,1-2H3,(H,28,29)/t18-/m0/s1. The van der Waals surface area contributed by atoms with Crippen molar-refractivity contribution in [1.29, 1.82) is 0 Å². The fourth-order valence-electron chi connectivity index (χ4n) is 3.43. The molecule has 172 valence electrons. The Morgan fingerprint density at radius 1 is 1.00 bits per heavy atom. The van der Waals surface area contributed by atoms with E-state index in [0.29, 0.717) is 11.1 Å². The van der Waals surface area contributed by atoms with Crippen molar-refractivity contribution < 1.29 is 38.6 Å². The van der Waals surface area contributed by atoms with E-state index in [2.05, 4.69) is 0 Å². The van der Waals surface area contributed by atoms with Gasteiger partial charge in [0.15, 0.2) is 11.5 Å². The summed E-state index contributed by atoms with van der Waals surface area (Å²) in [5.74, 6) is -3.02. The van der Waals surface area contributed by atoms with Gasteiger partial charge in [0, 0.05) is 44.1 Å². The van der Waals surface area contributed by atoms with E-state index in [1.807, 2.05) is 0 Å². The van der Waals surface area contributed by atoms with Crippen molar-refractivity contribution >= 4 is 46.4 Å². The maximum absolute atomic E-state index is 13.0. The molecule has 0 saturated carbocycles. The molecule has 0 bridgehead atoms. The number of amides is 1. The van der Waals surface area contributed by atoms with E-state index in [-0.39, 0.29) is 40.9 Å². The highest BCUT2D eigenvalue weighted by atomic mass is 32.2. The molecule has 1 atom stereocenters. The van der Waals surface area contributed by atoms with Crippen LogP contribution in [0.25, 0.3) is 0 Å². The topological polar surface area (TPSA) is 127 Å². The van der Waals surface area contributed by atoms with Crippen LogP contribution in [-0.2, 0) is 25.6 Å². The molecule has 0 saturated heterocycles. The Hall–Kier alpha value is -3.66. The van der Waals surface area contributed by atoms with Crippen LogP contribution in [-0.4, -0.2) is 45.8 Å². The van der Waals surface area contributed by atoms with E-state index in [1.54, 1.807) is 30.3 Å². The van der Waals surface area contributed by atoms with Gasteiger partial charge in [-0.1, -0.05) is 42.1 Å². The smallest absolute Gasteiger partial charge is 0.327 e. The molecular formula is C23H21NO8S. The monoisotopic (exact) mass is 471 g/mol. The van der Waals surface area contributed by atoms with Crippen LogP contribution in [0.2, 0.25) is 0 Å². The number of aliphatic carboxylic acids is 1. The van der Waals surface area contributed by atoms with E-state index in [9.17, 15) is 29.1 Å². The van der Waals surface area contributed by atoms with Gasteiger partial charge in [-0.25, -0.2) is 4.79 Å². The summed E-state index contributed by atoms with van der Waals surface area (Å²) in [6.45, 7) is 2.34. The van der Waals surface area contributed by atoms with Crippen molar-refractivity contribution in [2.45, 2.75) is 32.7 Å². The van der Waals surface area contributed by atoms with Crippen molar-refractivity contribution in [2.75, 3.05) is 10.7 Å². The number of nitrogens with zero attached hydrogens (tertiary/aromatic N) is 1. The van der Waals surface area contributed by atoms with Crippen LogP contribution in [0, 0.1) is 0 Å². The highest BCUT2D eigenvalue weighted by molar-refractivity contribution is 8.14. The predicted molar refractivity (Wildman–Crippen MR) is 120 cm³/mol. The van der Waals surface area contributed by atoms with Crippen LogP contribution < -0.4 is 14.4 Å². The number of carboxylic acids is 1. The molecule has 1 aliphatic rings. The second-order valence-electron chi connectivity index (χ2n) is 7.19. The lowest BCUT2D eigenvalue weighted by Crippen LogP contribution is -2.43. The number of fused-ring (bicyclic) bond motifs is 1. The highest BCUT2D eigenvalue weighted by Gasteiger charge is 2.39.